The van der Waals surface area contributed by atoms with Crippen molar-refractivity contribution in [1.29, 1.82) is 0 Å². The van der Waals surface area contributed by atoms with Gasteiger partial charge in [0.05, 0.1) is 25.7 Å². The quantitative estimate of drug-likeness (QED) is 0.488. The Bertz CT molecular complexity index is 1300. The molecule has 0 radical (unpaired) electrons. The van der Waals surface area contributed by atoms with Crippen LogP contribution in [0, 0.1) is 0 Å². The highest BCUT2D eigenvalue weighted by Crippen LogP contribution is 2.36. The number of methoxy groups -OCH3 is 1. The lowest BCUT2D eigenvalue weighted by Gasteiger charge is -2.43. The molecule has 5 rings (SSSR count). The lowest BCUT2D eigenvalue weighted by Crippen LogP contribution is -2.56. The highest BCUT2D eigenvalue weighted by atomic mass is 16.5. The minimum absolute atomic E-state index is 0.0131. The van der Waals surface area contributed by atoms with Crippen molar-refractivity contribution >= 4 is 17.2 Å². The van der Waals surface area contributed by atoms with E-state index >= 15 is 0 Å². The number of hydrogen-bond acceptors (Lipinski definition) is 6. The van der Waals surface area contributed by atoms with Gasteiger partial charge in [0.1, 0.15) is 5.82 Å². The van der Waals surface area contributed by atoms with E-state index in [4.69, 9.17) is 9.47 Å². The molecule has 1 saturated carbocycles. The molecule has 0 spiro atoms. The lowest BCUT2D eigenvalue weighted by molar-refractivity contribution is -0.132. The van der Waals surface area contributed by atoms with Crippen LogP contribution in [0.25, 0.3) is 5.57 Å². The Balaban J connectivity index is 1.40. The third kappa shape index (κ3) is 5.55. The van der Waals surface area contributed by atoms with Gasteiger partial charge in [-0.25, -0.2) is 9.89 Å². The molecule has 1 saturated heterocycles. The van der Waals surface area contributed by atoms with E-state index in [0.29, 0.717) is 25.5 Å². The second kappa shape index (κ2) is 10.9. The van der Waals surface area contributed by atoms with Gasteiger partial charge in [0.25, 0.3) is 0 Å². The number of carbonyl (C=O) groups excluding carboxylic acids is 1. The zero-order chi connectivity index (χ0) is 25.8. The number of anilines is 1. The first-order chi connectivity index (χ1) is 18.0. The molecule has 0 bridgehead atoms. The number of carbonyl (C=O) groups is 1. The maximum atomic E-state index is 13.4. The minimum atomic E-state index is -0.423. The Morgan fingerprint density at radius 3 is 2.59 bits per heavy atom. The molecule has 2 aromatic carbocycles. The first-order valence-electron chi connectivity index (χ1n) is 12.8. The number of benzene rings is 2. The van der Waals surface area contributed by atoms with Crippen molar-refractivity contribution in [1.82, 2.24) is 20.1 Å². The summed E-state index contributed by atoms with van der Waals surface area (Å²) in [7, 11) is 1.66. The number of nitrogens with one attached hydrogen (secondary N) is 2. The second-order valence-electron chi connectivity index (χ2n) is 9.60. The van der Waals surface area contributed by atoms with Crippen molar-refractivity contribution in [3.8, 4) is 11.5 Å². The summed E-state index contributed by atoms with van der Waals surface area (Å²) in [5.74, 6) is 1.70. The molecule has 2 aliphatic rings. The summed E-state index contributed by atoms with van der Waals surface area (Å²) < 4.78 is 11.9. The van der Waals surface area contributed by atoms with Crippen LogP contribution >= 0.6 is 0 Å². The van der Waals surface area contributed by atoms with Gasteiger partial charge in [-0.05, 0) is 49.0 Å². The lowest BCUT2D eigenvalue weighted by atomic mass is 9.96. The van der Waals surface area contributed by atoms with Crippen LogP contribution in [0.5, 0.6) is 11.5 Å². The molecule has 1 aliphatic carbocycles. The van der Waals surface area contributed by atoms with Gasteiger partial charge >= 0.3 is 5.69 Å². The van der Waals surface area contributed by atoms with E-state index in [0.717, 1.165) is 41.2 Å². The summed E-state index contributed by atoms with van der Waals surface area (Å²) in [6, 6.07) is 15.7. The highest BCUT2D eigenvalue weighted by molar-refractivity contribution is 5.82. The largest absolute Gasteiger partial charge is 0.493 e. The first-order valence-corrected chi connectivity index (χ1v) is 12.8. The summed E-state index contributed by atoms with van der Waals surface area (Å²) in [6.45, 7) is 6.12. The number of nitrogens with zero attached hydrogens (tertiary/aromatic N) is 3. The molecule has 3 aromatic rings. The molecule has 2 N–H and O–H groups in total. The molecular formula is C28H33N5O4. The average Bonchev–Trinajstić information content (AvgIpc) is 3.59. The number of ether oxygens (including phenoxy) is 2. The van der Waals surface area contributed by atoms with Gasteiger partial charge in [0.15, 0.2) is 11.5 Å². The van der Waals surface area contributed by atoms with Crippen LogP contribution < -0.4 is 20.1 Å². The maximum absolute atomic E-state index is 13.4. The summed E-state index contributed by atoms with van der Waals surface area (Å²) in [6.07, 6.45) is 4.75. The maximum Gasteiger partial charge on any atom is 0.340 e. The van der Waals surface area contributed by atoms with Crippen molar-refractivity contribution in [2.24, 2.45) is 0 Å². The SMILES string of the molecule is C=C(c1ccccc1)C1CN(c2ccc(OC)c(OC3CCCC3)c2)CCN1C(=O)Cc1n[nH]c(=O)[nH]1. The monoisotopic (exact) mass is 503 g/mol. The van der Waals surface area contributed by atoms with E-state index in [-0.39, 0.29) is 24.5 Å². The Morgan fingerprint density at radius 2 is 1.89 bits per heavy atom. The van der Waals surface area contributed by atoms with E-state index in [1.165, 1.54) is 12.8 Å². The Labute approximate surface area is 216 Å². The summed E-state index contributed by atoms with van der Waals surface area (Å²) in [4.78, 5) is 31.5. The Kier molecular flexibility index (Phi) is 7.30. The van der Waals surface area contributed by atoms with Crippen molar-refractivity contribution < 1.29 is 14.3 Å². The van der Waals surface area contributed by atoms with Gasteiger partial charge in [0.2, 0.25) is 5.91 Å². The first kappa shape index (κ1) is 24.7. The Hall–Kier alpha value is -4.01. The molecule has 2 fully saturated rings. The Morgan fingerprint density at radius 1 is 1.11 bits per heavy atom. The molecule has 2 heterocycles. The number of amides is 1. The van der Waals surface area contributed by atoms with Gasteiger partial charge in [-0.3, -0.25) is 9.78 Å². The number of rotatable bonds is 8. The zero-order valence-electron chi connectivity index (χ0n) is 21.1. The number of hydrogen-bond donors (Lipinski definition) is 2. The molecule has 9 nitrogen and oxygen atoms in total. The van der Waals surface area contributed by atoms with Crippen molar-refractivity contribution in [2.45, 2.75) is 44.2 Å². The smallest absolute Gasteiger partial charge is 0.340 e. The van der Waals surface area contributed by atoms with Gasteiger partial charge in [0, 0.05) is 31.4 Å². The molecule has 37 heavy (non-hydrogen) atoms. The van der Waals surface area contributed by atoms with Crippen LogP contribution in [0.15, 0.2) is 59.9 Å². The predicted octanol–water partition coefficient (Wildman–Crippen LogP) is 3.40. The van der Waals surface area contributed by atoms with E-state index < -0.39 is 5.69 Å². The van der Waals surface area contributed by atoms with Gasteiger partial charge in [-0.2, -0.15) is 5.10 Å². The molecule has 1 atom stereocenters. The van der Waals surface area contributed by atoms with Crippen molar-refractivity contribution in [3.63, 3.8) is 0 Å². The van der Waals surface area contributed by atoms with Crippen LogP contribution in [-0.2, 0) is 11.2 Å². The van der Waals surface area contributed by atoms with Crippen LogP contribution in [0.3, 0.4) is 0 Å². The third-order valence-electron chi connectivity index (χ3n) is 7.22. The van der Waals surface area contributed by atoms with Crippen LogP contribution in [-0.4, -0.2) is 64.9 Å². The van der Waals surface area contributed by atoms with Crippen molar-refractivity contribution in [3.05, 3.63) is 77.0 Å². The standard InChI is InChI=1S/C28H33N5O4/c1-19(20-8-4-3-5-9-20)23-18-32(14-15-33(23)27(34)17-26-29-28(35)31-30-26)21-12-13-24(36-2)25(16-21)37-22-10-6-7-11-22/h3-5,8-9,12-13,16,22-23H,1,6-7,10-11,14-15,17-18H2,2H3,(H2,29,30,31,35). The fourth-order valence-electron chi connectivity index (χ4n) is 5.23. The molecule has 1 unspecified atom stereocenters. The highest BCUT2D eigenvalue weighted by Gasteiger charge is 2.33. The summed E-state index contributed by atoms with van der Waals surface area (Å²) >= 11 is 0. The number of H-pyrrole nitrogens is 2. The van der Waals surface area contributed by atoms with E-state index in [9.17, 15) is 9.59 Å². The van der Waals surface area contributed by atoms with Gasteiger partial charge in [-0.15, -0.1) is 0 Å². The molecule has 9 heteroatoms. The zero-order valence-corrected chi connectivity index (χ0v) is 21.1. The third-order valence-corrected chi connectivity index (χ3v) is 7.22. The average molecular weight is 504 g/mol. The van der Waals surface area contributed by atoms with E-state index in [2.05, 4.69) is 26.7 Å². The predicted molar refractivity (Wildman–Crippen MR) is 142 cm³/mol. The summed E-state index contributed by atoms with van der Waals surface area (Å²) in [5.41, 5.74) is 2.45. The fourth-order valence-corrected chi connectivity index (χ4v) is 5.23. The summed E-state index contributed by atoms with van der Waals surface area (Å²) in [5, 5.41) is 6.24. The van der Waals surface area contributed by atoms with Crippen LogP contribution in [0.4, 0.5) is 5.69 Å². The molecule has 1 aromatic heterocycles. The van der Waals surface area contributed by atoms with E-state index in [1.54, 1.807) is 7.11 Å². The van der Waals surface area contributed by atoms with Crippen LogP contribution in [0.1, 0.15) is 37.1 Å². The van der Waals surface area contributed by atoms with Gasteiger partial charge < -0.3 is 19.3 Å². The number of aromatic amines is 2. The molecule has 1 amide bonds. The number of piperazine rings is 1. The number of aromatic nitrogens is 3. The minimum Gasteiger partial charge on any atom is -0.493 e. The van der Waals surface area contributed by atoms with Gasteiger partial charge in [-0.1, -0.05) is 36.9 Å². The fraction of sp³-hybridized carbons (Fsp3) is 0.393. The van der Waals surface area contributed by atoms with Crippen LogP contribution in [0.2, 0.25) is 0 Å². The van der Waals surface area contributed by atoms with Crippen molar-refractivity contribution in [2.75, 3.05) is 31.6 Å². The molecule has 1 aliphatic heterocycles. The molecular weight excluding hydrogens is 470 g/mol. The second-order valence-corrected chi connectivity index (χ2v) is 9.60. The topological polar surface area (TPSA) is 104 Å². The van der Waals surface area contributed by atoms with E-state index in [1.807, 2.05) is 53.4 Å². The normalized spacial score (nSPS) is 18.1. The molecule has 194 valence electrons.